The van der Waals surface area contributed by atoms with Gasteiger partial charge in [0.15, 0.2) is 0 Å². The fourth-order valence-corrected chi connectivity index (χ4v) is 1.95. The predicted molar refractivity (Wildman–Crippen MR) is 68.8 cm³/mol. The van der Waals surface area contributed by atoms with Crippen LogP contribution in [0.3, 0.4) is 0 Å². The van der Waals surface area contributed by atoms with E-state index in [2.05, 4.69) is 0 Å². The molecule has 2 nitrogen and oxygen atoms in total. The van der Waals surface area contributed by atoms with Crippen molar-refractivity contribution in [2.45, 2.75) is 20.0 Å². The van der Waals surface area contributed by atoms with Crippen LogP contribution >= 0.6 is 0 Å². The summed E-state index contributed by atoms with van der Waals surface area (Å²) in [7, 11) is 0. The Hall–Kier alpha value is -1.80. The molecule has 0 aliphatic carbocycles. The molecule has 0 aromatic heterocycles. The normalized spacial score (nSPS) is 10.5. The molecule has 0 amide bonds. The fraction of sp³-hybridized carbons (Fsp3) is 0.200. The van der Waals surface area contributed by atoms with Crippen LogP contribution in [0.5, 0.6) is 5.75 Å². The Morgan fingerprint density at radius 1 is 0.941 bits per heavy atom. The van der Waals surface area contributed by atoms with E-state index in [1.165, 1.54) is 0 Å². The van der Waals surface area contributed by atoms with Crippen LogP contribution in [0.15, 0.2) is 42.5 Å². The number of aliphatic hydroxyl groups is 1. The Kier molecular flexibility index (Phi) is 3.45. The van der Waals surface area contributed by atoms with E-state index in [4.69, 9.17) is 0 Å². The van der Waals surface area contributed by atoms with Crippen molar-refractivity contribution in [3.63, 3.8) is 0 Å². The van der Waals surface area contributed by atoms with Crippen LogP contribution in [0.4, 0.5) is 0 Å². The van der Waals surface area contributed by atoms with E-state index in [9.17, 15) is 10.2 Å². The zero-order valence-corrected chi connectivity index (χ0v) is 9.85. The van der Waals surface area contributed by atoms with Gasteiger partial charge in [-0.2, -0.15) is 0 Å². The first-order valence-electron chi connectivity index (χ1n) is 5.77. The first-order valence-corrected chi connectivity index (χ1v) is 5.77. The second-order valence-corrected chi connectivity index (χ2v) is 4.02. The highest BCUT2D eigenvalue weighted by Gasteiger charge is 2.09. The van der Waals surface area contributed by atoms with E-state index in [1.807, 2.05) is 49.4 Å². The van der Waals surface area contributed by atoms with Crippen LogP contribution in [-0.2, 0) is 13.0 Å². The molecule has 0 bridgehead atoms. The monoisotopic (exact) mass is 228 g/mol. The standard InChI is InChI=1S/C15H16O2/c1-2-11-8-13(9-14(10-16)15(11)17)12-6-4-3-5-7-12/h3-9,16-17H,2,10H2,1H3. The fourth-order valence-electron chi connectivity index (χ4n) is 1.95. The Labute approximate surface area is 101 Å². The summed E-state index contributed by atoms with van der Waals surface area (Å²) in [6.07, 6.45) is 0.750. The summed E-state index contributed by atoms with van der Waals surface area (Å²) in [5, 5.41) is 19.1. The van der Waals surface area contributed by atoms with Gasteiger partial charge >= 0.3 is 0 Å². The zero-order chi connectivity index (χ0) is 12.3. The minimum atomic E-state index is -0.139. The van der Waals surface area contributed by atoms with Crippen molar-refractivity contribution in [3.05, 3.63) is 53.6 Å². The number of aromatic hydroxyl groups is 1. The second kappa shape index (κ2) is 5.02. The van der Waals surface area contributed by atoms with Gasteiger partial charge in [-0.05, 0) is 35.2 Å². The van der Waals surface area contributed by atoms with Gasteiger partial charge in [0, 0.05) is 5.56 Å². The first kappa shape index (κ1) is 11.7. The van der Waals surface area contributed by atoms with Crippen LogP contribution in [0.25, 0.3) is 11.1 Å². The maximum atomic E-state index is 9.90. The highest BCUT2D eigenvalue weighted by Crippen LogP contribution is 2.30. The number of aliphatic hydroxyl groups excluding tert-OH is 1. The molecule has 88 valence electrons. The van der Waals surface area contributed by atoms with Gasteiger partial charge < -0.3 is 10.2 Å². The molecule has 0 spiro atoms. The van der Waals surface area contributed by atoms with Crippen LogP contribution in [-0.4, -0.2) is 10.2 Å². The summed E-state index contributed by atoms with van der Waals surface area (Å²) in [6, 6.07) is 13.8. The van der Waals surface area contributed by atoms with Crippen molar-refractivity contribution in [1.29, 1.82) is 0 Å². The van der Waals surface area contributed by atoms with E-state index in [1.54, 1.807) is 0 Å². The third-order valence-electron chi connectivity index (χ3n) is 2.93. The quantitative estimate of drug-likeness (QED) is 0.847. The van der Waals surface area contributed by atoms with Gasteiger partial charge in [0.2, 0.25) is 0 Å². The number of phenols is 1. The van der Waals surface area contributed by atoms with Crippen molar-refractivity contribution in [3.8, 4) is 16.9 Å². The zero-order valence-electron chi connectivity index (χ0n) is 9.85. The topological polar surface area (TPSA) is 40.5 Å². The Morgan fingerprint density at radius 2 is 1.59 bits per heavy atom. The smallest absolute Gasteiger partial charge is 0.124 e. The van der Waals surface area contributed by atoms with Gasteiger partial charge in [0.25, 0.3) is 0 Å². The number of rotatable bonds is 3. The Morgan fingerprint density at radius 3 is 2.18 bits per heavy atom. The lowest BCUT2D eigenvalue weighted by Gasteiger charge is -2.10. The lowest BCUT2D eigenvalue weighted by Crippen LogP contribution is -1.92. The van der Waals surface area contributed by atoms with Gasteiger partial charge in [-0.25, -0.2) is 0 Å². The summed E-state index contributed by atoms with van der Waals surface area (Å²) >= 11 is 0. The SMILES string of the molecule is CCc1cc(-c2ccccc2)cc(CO)c1O. The maximum Gasteiger partial charge on any atom is 0.124 e. The maximum absolute atomic E-state index is 9.90. The number of benzene rings is 2. The van der Waals surface area contributed by atoms with Crippen LogP contribution in [0.2, 0.25) is 0 Å². The molecule has 2 aromatic rings. The molecule has 0 atom stereocenters. The summed E-state index contributed by atoms with van der Waals surface area (Å²) in [5.74, 6) is 0.217. The van der Waals surface area contributed by atoms with Crippen molar-refractivity contribution in [1.82, 2.24) is 0 Å². The van der Waals surface area contributed by atoms with Crippen LogP contribution < -0.4 is 0 Å². The lowest BCUT2D eigenvalue weighted by molar-refractivity contribution is 0.275. The van der Waals surface area contributed by atoms with Crippen molar-refractivity contribution in [2.75, 3.05) is 0 Å². The molecule has 0 unspecified atom stereocenters. The molecular weight excluding hydrogens is 212 g/mol. The van der Waals surface area contributed by atoms with Crippen LogP contribution in [0.1, 0.15) is 18.1 Å². The third-order valence-corrected chi connectivity index (χ3v) is 2.93. The third kappa shape index (κ3) is 2.32. The molecule has 2 heteroatoms. The molecule has 0 saturated heterocycles. The van der Waals surface area contributed by atoms with Gasteiger partial charge in [0.1, 0.15) is 5.75 Å². The van der Waals surface area contributed by atoms with E-state index in [0.29, 0.717) is 5.56 Å². The van der Waals surface area contributed by atoms with Crippen molar-refractivity contribution < 1.29 is 10.2 Å². The van der Waals surface area contributed by atoms with Gasteiger partial charge in [-0.15, -0.1) is 0 Å². The van der Waals surface area contributed by atoms with Crippen molar-refractivity contribution in [2.24, 2.45) is 0 Å². The molecule has 2 aromatic carbocycles. The van der Waals surface area contributed by atoms with E-state index in [-0.39, 0.29) is 12.4 Å². The van der Waals surface area contributed by atoms with Crippen LogP contribution in [0, 0.1) is 0 Å². The van der Waals surface area contributed by atoms with E-state index < -0.39 is 0 Å². The molecule has 0 fully saturated rings. The molecule has 0 saturated carbocycles. The van der Waals surface area contributed by atoms with Crippen molar-refractivity contribution >= 4 is 0 Å². The average Bonchev–Trinajstić information content (AvgIpc) is 2.40. The first-order chi connectivity index (χ1) is 8.26. The highest BCUT2D eigenvalue weighted by atomic mass is 16.3. The molecular formula is C15H16O2. The number of aryl methyl sites for hydroxylation is 1. The van der Waals surface area contributed by atoms with Gasteiger partial charge in [-0.1, -0.05) is 37.3 Å². The molecule has 0 aliphatic rings. The summed E-state index contributed by atoms with van der Waals surface area (Å²) in [5.41, 5.74) is 3.58. The molecule has 17 heavy (non-hydrogen) atoms. The highest BCUT2D eigenvalue weighted by molar-refractivity contribution is 5.67. The molecule has 0 aliphatic heterocycles. The molecule has 0 radical (unpaired) electrons. The number of hydrogen-bond donors (Lipinski definition) is 2. The lowest BCUT2D eigenvalue weighted by atomic mass is 9.98. The van der Waals surface area contributed by atoms with E-state index in [0.717, 1.165) is 23.1 Å². The van der Waals surface area contributed by atoms with E-state index >= 15 is 0 Å². The summed E-state index contributed by atoms with van der Waals surface area (Å²) < 4.78 is 0. The summed E-state index contributed by atoms with van der Waals surface area (Å²) in [4.78, 5) is 0. The Bertz CT molecular complexity index is 479. The molecule has 2 rings (SSSR count). The molecule has 2 N–H and O–H groups in total. The minimum absolute atomic E-state index is 0.139. The van der Waals surface area contributed by atoms with Gasteiger partial charge in [0.05, 0.1) is 6.61 Å². The minimum Gasteiger partial charge on any atom is -0.507 e. The summed E-state index contributed by atoms with van der Waals surface area (Å²) in [6.45, 7) is 1.85. The van der Waals surface area contributed by atoms with Gasteiger partial charge in [-0.3, -0.25) is 0 Å². The largest absolute Gasteiger partial charge is 0.507 e. The predicted octanol–water partition coefficient (Wildman–Crippen LogP) is 3.11. The number of hydrogen-bond acceptors (Lipinski definition) is 2. The average molecular weight is 228 g/mol. The molecule has 0 heterocycles. The second-order valence-electron chi connectivity index (χ2n) is 4.02. The Balaban J connectivity index is 2.56.